The summed E-state index contributed by atoms with van der Waals surface area (Å²) in [5, 5.41) is 2.80. The van der Waals surface area contributed by atoms with Crippen LogP contribution >= 0.6 is 0 Å². The van der Waals surface area contributed by atoms with Crippen molar-refractivity contribution < 1.29 is 9.59 Å². The largest absolute Gasteiger partial charge is 0.353 e. The minimum atomic E-state index is -1.06. The summed E-state index contributed by atoms with van der Waals surface area (Å²) in [6.45, 7) is 7.66. The van der Waals surface area contributed by atoms with Crippen LogP contribution in [0.15, 0.2) is 24.5 Å². The molecule has 1 rings (SSSR count). The topological polar surface area (TPSA) is 62.3 Å². The van der Waals surface area contributed by atoms with Crippen LogP contribution in [0.2, 0.25) is 0 Å². The summed E-state index contributed by atoms with van der Waals surface area (Å²) in [6.07, 6.45) is 4.21. The van der Waals surface area contributed by atoms with E-state index in [0.717, 1.165) is 12.0 Å². The Morgan fingerprint density at radius 3 is 2.38 bits per heavy atom. The van der Waals surface area contributed by atoms with Gasteiger partial charge in [0.1, 0.15) is 5.41 Å². The fourth-order valence-corrected chi connectivity index (χ4v) is 1.96. The smallest absolute Gasteiger partial charge is 0.237 e. The van der Waals surface area contributed by atoms with Crippen molar-refractivity contribution in [2.45, 2.75) is 40.2 Å². The lowest BCUT2D eigenvalue weighted by atomic mass is 9.90. The highest BCUT2D eigenvalue weighted by Gasteiger charge is 2.38. The molecular formula is C16H25N3O2. The summed E-state index contributed by atoms with van der Waals surface area (Å²) in [5.74, 6) is -0.409. The first kappa shape index (κ1) is 17.1. The van der Waals surface area contributed by atoms with Crippen LogP contribution in [0, 0.1) is 5.41 Å². The second-order valence-electron chi connectivity index (χ2n) is 6.09. The number of aromatic nitrogens is 1. The number of nitrogens with one attached hydrogen (secondary N) is 1. The molecule has 5 nitrogen and oxygen atoms in total. The molecule has 116 valence electrons. The number of nitrogens with zero attached hydrogens (tertiary/aromatic N) is 2. The van der Waals surface area contributed by atoms with Crippen LogP contribution in [0.25, 0.3) is 0 Å². The molecule has 0 aromatic carbocycles. The lowest BCUT2D eigenvalue weighted by molar-refractivity contribution is -0.147. The number of rotatable bonds is 6. The van der Waals surface area contributed by atoms with Crippen LogP contribution in [0.4, 0.5) is 0 Å². The van der Waals surface area contributed by atoms with Crippen LogP contribution in [0.3, 0.4) is 0 Å². The predicted molar refractivity (Wildman–Crippen MR) is 82.6 cm³/mol. The van der Waals surface area contributed by atoms with Crippen molar-refractivity contribution in [1.82, 2.24) is 15.2 Å². The fraction of sp³-hybridized carbons (Fsp3) is 0.562. The third-order valence-corrected chi connectivity index (χ3v) is 3.35. The molecule has 0 bridgehead atoms. The van der Waals surface area contributed by atoms with E-state index < -0.39 is 5.41 Å². The normalized spacial score (nSPS) is 11.3. The van der Waals surface area contributed by atoms with Crippen molar-refractivity contribution in [1.29, 1.82) is 0 Å². The highest BCUT2D eigenvalue weighted by atomic mass is 16.2. The SMILES string of the molecule is CC(C)NC(=O)C(C)(C)C(=O)N(C)CCc1ccncc1. The molecule has 0 radical (unpaired) electrons. The molecule has 0 atom stereocenters. The summed E-state index contributed by atoms with van der Waals surface area (Å²) in [6, 6.07) is 3.87. The quantitative estimate of drug-likeness (QED) is 0.810. The molecule has 0 aliphatic rings. The van der Waals surface area contributed by atoms with Gasteiger partial charge < -0.3 is 10.2 Å². The Balaban J connectivity index is 2.62. The first-order valence-corrected chi connectivity index (χ1v) is 7.20. The summed E-state index contributed by atoms with van der Waals surface area (Å²) in [5.41, 5.74) is 0.0613. The van der Waals surface area contributed by atoms with Gasteiger partial charge in [0.05, 0.1) is 0 Å². The summed E-state index contributed by atoms with van der Waals surface area (Å²) < 4.78 is 0. The Bertz CT molecular complexity index is 484. The van der Waals surface area contributed by atoms with Crippen molar-refractivity contribution in [3.8, 4) is 0 Å². The standard InChI is InChI=1S/C16H25N3O2/c1-12(2)18-14(20)16(3,4)15(21)19(5)11-8-13-6-9-17-10-7-13/h6-7,9-10,12H,8,11H2,1-5H3,(H,18,20). The Morgan fingerprint density at radius 1 is 1.29 bits per heavy atom. The van der Waals surface area contributed by atoms with Crippen molar-refractivity contribution in [2.24, 2.45) is 5.41 Å². The average molecular weight is 291 g/mol. The molecule has 0 saturated heterocycles. The average Bonchev–Trinajstić information content (AvgIpc) is 2.44. The fourth-order valence-electron chi connectivity index (χ4n) is 1.96. The van der Waals surface area contributed by atoms with Crippen LogP contribution in [-0.2, 0) is 16.0 Å². The molecule has 1 heterocycles. The zero-order chi connectivity index (χ0) is 16.0. The van der Waals surface area contributed by atoms with Gasteiger partial charge in [0.25, 0.3) is 0 Å². The van der Waals surface area contributed by atoms with Gasteiger partial charge in [0.15, 0.2) is 0 Å². The summed E-state index contributed by atoms with van der Waals surface area (Å²) >= 11 is 0. The molecule has 0 aliphatic carbocycles. The number of amides is 2. The van der Waals surface area contributed by atoms with E-state index in [9.17, 15) is 9.59 Å². The zero-order valence-electron chi connectivity index (χ0n) is 13.5. The van der Waals surface area contributed by atoms with Crippen molar-refractivity contribution in [3.05, 3.63) is 30.1 Å². The molecular weight excluding hydrogens is 266 g/mol. The van der Waals surface area contributed by atoms with Crippen molar-refractivity contribution >= 4 is 11.8 Å². The molecule has 0 fully saturated rings. The molecule has 2 amide bonds. The number of likely N-dealkylation sites (N-methyl/N-ethyl adjacent to an activating group) is 1. The van der Waals surface area contributed by atoms with Gasteiger partial charge in [-0.25, -0.2) is 0 Å². The molecule has 21 heavy (non-hydrogen) atoms. The second kappa shape index (κ2) is 7.20. The van der Waals surface area contributed by atoms with E-state index >= 15 is 0 Å². The van der Waals surface area contributed by atoms with Crippen LogP contribution in [0.1, 0.15) is 33.3 Å². The van der Waals surface area contributed by atoms with Gasteiger partial charge in [-0.1, -0.05) is 0 Å². The van der Waals surface area contributed by atoms with Gasteiger partial charge in [0, 0.05) is 32.0 Å². The zero-order valence-corrected chi connectivity index (χ0v) is 13.5. The van der Waals surface area contributed by atoms with Crippen LogP contribution in [-0.4, -0.2) is 41.3 Å². The monoisotopic (exact) mass is 291 g/mol. The van der Waals surface area contributed by atoms with E-state index in [2.05, 4.69) is 10.3 Å². The first-order valence-electron chi connectivity index (χ1n) is 7.20. The Morgan fingerprint density at radius 2 is 1.86 bits per heavy atom. The maximum atomic E-state index is 12.5. The van der Waals surface area contributed by atoms with Gasteiger partial charge in [0.2, 0.25) is 11.8 Å². The maximum absolute atomic E-state index is 12.5. The number of pyridine rings is 1. The highest BCUT2D eigenvalue weighted by Crippen LogP contribution is 2.19. The molecule has 0 saturated carbocycles. The van der Waals surface area contributed by atoms with E-state index in [1.165, 1.54) is 0 Å². The summed E-state index contributed by atoms with van der Waals surface area (Å²) in [7, 11) is 1.73. The van der Waals surface area contributed by atoms with E-state index in [4.69, 9.17) is 0 Å². The highest BCUT2D eigenvalue weighted by molar-refractivity contribution is 6.04. The number of carbonyl (C=O) groups is 2. The van der Waals surface area contributed by atoms with Crippen molar-refractivity contribution in [3.63, 3.8) is 0 Å². The van der Waals surface area contributed by atoms with Crippen molar-refractivity contribution in [2.75, 3.05) is 13.6 Å². The van der Waals surface area contributed by atoms with E-state index in [1.54, 1.807) is 38.2 Å². The molecule has 0 spiro atoms. The van der Waals surface area contributed by atoms with Gasteiger partial charge in [-0.05, 0) is 51.8 Å². The van der Waals surface area contributed by atoms with Gasteiger partial charge in [-0.2, -0.15) is 0 Å². The number of hydrogen-bond acceptors (Lipinski definition) is 3. The third-order valence-electron chi connectivity index (χ3n) is 3.35. The minimum absolute atomic E-state index is 0.0201. The van der Waals surface area contributed by atoms with E-state index in [-0.39, 0.29) is 17.9 Å². The number of carbonyl (C=O) groups excluding carboxylic acids is 2. The first-order chi connectivity index (χ1) is 9.75. The molecule has 5 heteroatoms. The Labute approximate surface area is 126 Å². The molecule has 1 N–H and O–H groups in total. The Hall–Kier alpha value is -1.91. The van der Waals surface area contributed by atoms with Gasteiger partial charge >= 0.3 is 0 Å². The van der Waals surface area contributed by atoms with Crippen LogP contribution in [0.5, 0.6) is 0 Å². The second-order valence-corrected chi connectivity index (χ2v) is 6.09. The molecule has 1 aromatic heterocycles. The summed E-state index contributed by atoms with van der Waals surface area (Å²) in [4.78, 5) is 30.2. The van der Waals surface area contributed by atoms with Gasteiger partial charge in [-0.15, -0.1) is 0 Å². The van der Waals surface area contributed by atoms with Crippen LogP contribution < -0.4 is 5.32 Å². The third kappa shape index (κ3) is 4.85. The van der Waals surface area contributed by atoms with E-state index in [0.29, 0.717) is 6.54 Å². The maximum Gasteiger partial charge on any atom is 0.237 e. The van der Waals surface area contributed by atoms with Gasteiger partial charge in [-0.3, -0.25) is 14.6 Å². The van der Waals surface area contributed by atoms with E-state index in [1.807, 2.05) is 26.0 Å². The number of hydrogen-bond donors (Lipinski definition) is 1. The molecule has 0 aliphatic heterocycles. The lowest BCUT2D eigenvalue weighted by Crippen LogP contribution is -2.50. The molecule has 1 aromatic rings. The Kier molecular flexibility index (Phi) is 5.88. The predicted octanol–water partition coefficient (Wildman–Crippen LogP) is 1.63. The molecule has 0 unspecified atom stereocenters. The lowest BCUT2D eigenvalue weighted by Gasteiger charge is -2.29. The minimum Gasteiger partial charge on any atom is -0.353 e.